The van der Waals surface area contributed by atoms with Crippen molar-refractivity contribution < 1.29 is 9.18 Å². The summed E-state index contributed by atoms with van der Waals surface area (Å²) >= 11 is 4.57. The lowest BCUT2D eigenvalue weighted by Crippen LogP contribution is -2.37. The van der Waals surface area contributed by atoms with Crippen LogP contribution in [0.3, 0.4) is 0 Å². The van der Waals surface area contributed by atoms with Crippen molar-refractivity contribution in [2.45, 2.75) is 30.9 Å². The van der Waals surface area contributed by atoms with Gasteiger partial charge in [0.1, 0.15) is 11.8 Å². The number of carbonyl (C=O) groups excluding carboxylic acids is 1. The Bertz CT molecular complexity index is 927. The van der Waals surface area contributed by atoms with Crippen LogP contribution in [0.1, 0.15) is 26.7 Å². The van der Waals surface area contributed by atoms with Crippen molar-refractivity contribution in [2.24, 2.45) is 11.7 Å². The van der Waals surface area contributed by atoms with Crippen molar-refractivity contribution in [2.75, 3.05) is 43.3 Å². The second-order valence-electron chi connectivity index (χ2n) is 6.81. The summed E-state index contributed by atoms with van der Waals surface area (Å²) in [6.45, 7) is 7.79. The molecular formula is C22H32FN5OS3. The molecule has 6 nitrogen and oxygen atoms in total. The minimum absolute atomic E-state index is 0.301. The third-order valence-corrected chi connectivity index (χ3v) is 7.59. The highest BCUT2D eigenvalue weighted by Gasteiger charge is 2.17. The molecular weight excluding hydrogens is 465 g/mol. The van der Waals surface area contributed by atoms with Gasteiger partial charge in [-0.15, -0.1) is 11.3 Å². The average Bonchev–Trinajstić information content (AvgIpc) is 3.50. The molecule has 1 aromatic carbocycles. The Morgan fingerprint density at radius 2 is 2.09 bits per heavy atom. The number of aromatic nitrogens is 1. The fourth-order valence-electron chi connectivity index (χ4n) is 3.08. The number of likely N-dealkylation sites (tertiary alicyclic amines) is 1. The summed E-state index contributed by atoms with van der Waals surface area (Å²) in [5.74, 6) is 0.00792. The number of piperidine rings is 1. The minimum atomic E-state index is -0.301. The van der Waals surface area contributed by atoms with Crippen LogP contribution in [-0.4, -0.2) is 49.4 Å². The van der Waals surface area contributed by atoms with Crippen LogP contribution in [0.15, 0.2) is 33.9 Å². The number of hydrogen-bond donors (Lipinski definition) is 3. The van der Waals surface area contributed by atoms with Gasteiger partial charge in [-0.3, -0.25) is 0 Å². The van der Waals surface area contributed by atoms with E-state index in [9.17, 15) is 9.18 Å². The smallest absolute Gasteiger partial charge is 0.183 e. The SMILES string of the molecule is CC.CNc1nc2c(F)cc(NSc3cccs3)cc2s1.NCCN1CCC(C=O)CC1. The second-order valence-corrected chi connectivity index (χ2v) is 9.90. The molecule has 0 atom stereocenters. The van der Waals surface area contributed by atoms with E-state index in [0.29, 0.717) is 11.4 Å². The molecule has 3 heterocycles. The zero-order valence-electron chi connectivity index (χ0n) is 18.8. The lowest BCUT2D eigenvalue weighted by Gasteiger charge is -2.28. The van der Waals surface area contributed by atoms with Crippen molar-refractivity contribution in [3.05, 3.63) is 35.5 Å². The first-order valence-corrected chi connectivity index (χ1v) is 13.3. The van der Waals surface area contributed by atoms with Crippen LogP contribution in [0.4, 0.5) is 15.2 Å². The van der Waals surface area contributed by atoms with E-state index in [0.717, 1.165) is 65.0 Å². The van der Waals surface area contributed by atoms with E-state index in [2.05, 4.69) is 19.9 Å². The molecule has 0 spiro atoms. The Hall–Kier alpha value is -1.72. The Balaban J connectivity index is 0.000000239. The van der Waals surface area contributed by atoms with Gasteiger partial charge in [0, 0.05) is 37.8 Å². The van der Waals surface area contributed by atoms with Crippen LogP contribution in [-0.2, 0) is 4.79 Å². The highest BCUT2D eigenvalue weighted by atomic mass is 32.2. The van der Waals surface area contributed by atoms with Crippen molar-refractivity contribution in [3.8, 4) is 0 Å². The summed E-state index contributed by atoms with van der Waals surface area (Å²) < 4.78 is 19.1. The van der Waals surface area contributed by atoms with Gasteiger partial charge in [-0.1, -0.05) is 31.3 Å². The lowest BCUT2D eigenvalue weighted by molar-refractivity contribution is -0.112. The predicted octanol–water partition coefficient (Wildman–Crippen LogP) is 5.54. The van der Waals surface area contributed by atoms with Crippen LogP contribution in [0.5, 0.6) is 0 Å². The maximum atomic E-state index is 13.9. The molecule has 1 saturated heterocycles. The van der Waals surface area contributed by atoms with Crippen molar-refractivity contribution >= 4 is 61.9 Å². The topological polar surface area (TPSA) is 83.3 Å². The number of hydrogen-bond acceptors (Lipinski definition) is 9. The van der Waals surface area contributed by atoms with Gasteiger partial charge in [0.05, 0.1) is 8.91 Å². The first-order chi connectivity index (χ1) is 15.6. The number of thiazole rings is 1. The summed E-state index contributed by atoms with van der Waals surface area (Å²) in [5.41, 5.74) is 6.58. The normalized spacial score (nSPS) is 14.2. The molecule has 4 rings (SSSR count). The zero-order valence-corrected chi connectivity index (χ0v) is 21.2. The molecule has 32 heavy (non-hydrogen) atoms. The molecule has 0 unspecified atom stereocenters. The highest BCUT2D eigenvalue weighted by molar-refractivity contribution is 8.02. The van der Waals surface area contributed by atoms with E-state index in [1.807, 2.05) is 37.4 Å². The number of nitrogens with zero attached hydrogens (tertiary/aromatic N) is 2. The molecule has 10 heteroatoms. The number of benzene rings is 1. The Morgan fingerprint density at radius 1 is 1.34 bits per heavy atom. The molecule has 0 saturated carbocycles. The molecule has 0 radical (unpaired) electrons. The van der Waals surface area contributed by atoms with E-state index in [-0.39, 0.29) is 5.82 Å². The molecule has 4 N–H and O–H groups in total. The lowest BCUT2D eigenvalue weighted by atomic mass is 9.99. The van der Waals surface area contributed by atoms with Gasteiger partial charge in [0.15, 0.2) is 10.9 Å². The van der Waals surface area contributed by atoms with Gasteiger partial charge < -0.3 is 25.5 Å². The summed E-state index contributed by atoms with van der Waals surface area (Å²) in [7, 11) is 1.78. The monoisotopic (exact) mass is 497 g/mol. The number of nitrogens with one attached hydrogen (secondary N) is 2. The molecule has 1 aliphatic rings. The number of carbonyl (C=O) groups is 1. The number of fused-ring (bicyclic) bond motifs is 1. The molecule has 0 bridgehead atoms. The molecule has 176 valence electrons. The van der Waals surface area contributed by atoms with Crippen molar-refractivity contribution in [1.82, 2.24) is 9.88 Å². The second kappa shape index (κ2) is 14.4. The fourth-order valence-corrected chi connectivity index (χ4v) is 5.37. The summed E-state index contributed by atoms with van der Waals surface area (Å²) in [5, 5.41) is 5.66. The largest absolute Gasteiger partial charge is 0.365 e. The third kappa shape index (κ3) is 8.00. The third-order valence-electron chi connectivity index (χ3n) is 4.70. The number of rotatable bonds is 7. The Labute approximate surface area is 201 Å². The van der Waals surface area contributed by atoms with Gasteiger partial charge in [0.2, 0.25) is 0 Å². The van der Waals surface area contributed by atoms with Gasteiger partial charge in [0.25, 0.3) is 0 Å². The number of anilines is 2. The predicted molar refractivity (Wildman–Crippen MR) is 139 cm³/mol. The maximum absolute atomic E-state index is 13.9. The van der Waals surface area contributed by atoms with Gasteiger partial charge >= 0.3 is 0 Å². The maximum Gasteiger partial charge on any atom is 0.183 e. The number of thiophene rings is 1. The average molecular weight is 498 g/mol. The van der Waals surface area contributed by atoms with Gasteiger partial charge in [-0.25, -0.2) is 9.37 Å². The Kier molecular flexibility index (Phi) is 12.0. The molecule has 3 aromatic rings. The molecule has 1 fully saturated rings. The van der Waals surface area contributed by atoms with Crippen molar-refractivity contribution in [1.29, 1.82) is 0 Å². The van der Waals surface area contributed by atoms with Crippen LogP contribution < -0.4 is 15.8 Å². The van der Waals surface area contributed by atoms with Gasteiger partial charge in [-0.2, -0.15) is 0 Å². The van der Waals surface area contributed by atoms with E-state index in [1.165, 1.54) is 29.4 Å². The molecule has 0 amide bonds. The van der Waals surface area contributed by atoms with Crippen LogP contribution >= 0.6 is 34.6 Å². The summed E-state index contributed by atoms with van der Waals surface area (Å²) in [6.07, 6.45) is 3.12. The number of halogens is 1. The first-order valence-electron chi connectivity index (χ1n) is 10.7. The van der Waals surface area contributed by atoms with Gasteiger partial charge in [-0.05, 0) is 55.4 Å². The van der Waals surface area contributed by atoms with E-state index in [1.54, 1.807) is 18.4 Å². The van der Waals surface area contributed by atoms with Crippen LogP contribution in [0, 0.1) is 11.7 Å². The van der Waals surface area contributed by atoms with Crippen LogP contribution in [0.2, 0.25) is 0 Å². The van der Waals surface area contributed by atoms with E-state index < -0.39 is 0 Å². The summed E-state index contributed by atoms with van der Waals surface area (Å²) in [6, 6.07) is 7.39. The fraction of sp³-hybridized carbons (Fsp3) is 0.455. The molecule has 0 aliphatic carbocycles. The zero-order chi connectivity index (χ0) is 23.3. The molecule has 2 aromatic heterocycles. The van der Waals surface area contributed by atoms with Crippen LogP contribution in [0.25, 0.3) is 10.2 Å². The Morgan fingerprint density at radius 3 is 2.69 bits per heavy atom. The standard InChI is InChI=1S/C12H10FN3S3.C8H16N2O.C2H6/c1-14-12-15-11-8(13)5-7(6-9(11)18-12)16-19-10-3-2-4-17-10;9-3-6-10-4-1-8(7-11)2-5-10;1-2/h2-6,16H,1H3,(H,14,15);7-8H,1-6,9H2;1-2H3. The van der Waals surface area contributed by atoms with E-state index in [4.69, 9.17) is 5.73 Å². The molecule has 1 aliphatic heterocycles. The number of nitrogens with two attached hydrogens (primary N) is 1. The quantitative estimate of drug-likeness (QED) is 0.292. The summed E-state index contributed by atoms with van der Waals surface area (Å²) in [4.78, 5) is 16.9. The van der Waals surface area contributed by atoms with Crippen molar-refractivity contribution in [3.63, 3.8) is 0 Å². The number of aldehydes is 1. The minimum Gasteiger partial charge on any atom is -0.365 e. The van der Waals surface area contributed by atoms with E-state index >= 15 is 0 Å². The first kappa shape index (κ1) is 26.5. The highest BCUT2D eigenvalue weighted by Crippen LogP contribution is 2.32.